The summed E-state index contributed by atoms with van der Waals surface area (Å²) in [7, 11) is 2.07. The lowest BCUT2D eigenvalue weighted by molar-refractivity contribution is 0.0858. The van der Waals surface area contributed by atoms with Gasteiger partial charge in [-0.2, -0.15) is 0 Å². The SMILES string of the molecule is CCCN(C)c1ccc(C(=O)C(C)(C)C)cc1. The van der Waals surface area contributed by atoms with Crippen molar-refractivity contribution in [3.05, 3.63) is 29.8 Å². The average molecular weight is 233 g/mol. The van der Waals surface area contributed by atoms with Gasteiger partial charge >= 0.3 is 0 Å². The second-order valence-electron chi connectivity index (χ2n) is 5.55. The fraction of sp³-hybridized carbons (Fsp3) is 0.533. The topological polar surface area (TPSA) is 20.3 Å². The molecule has 1 rings (SSSR count). The van der Waals surface area contributed by atoms with Gasteiger partial charge in [0.05, 0.1) is 0 Å². The minimum Gasteiger partial charge on any atom is -0.375 e. The molecule has 0 bridgehead atoms. The molecule has 0 atom stereocenters. The van der Waals surface area contributed by atoms with Gasteiger partial charge in [-0.05, 0) is 30.7 Å². The summed E-state index contributed by atoms with van der Waals surface area (Å²) in [6.45, 7) is 9.05. The van der Waals surface area contributed by atoms with Crippen LogP contribution in [0.25, 0.3) is 0 Å². The zero-order chi connectivity index (χ0) is 13.1. The molecule has 2 nitrogen and oxygen atoms in total. The van der Waals surface area contributed by atoms with Crippen LogP contribution >= 0.6 is 0 Å². The van der Waals surface area contributed by atoms with E-state index < -0.39 is 0 Å². The van der Waals surface area contributed by atoms with Gasteiger partial charge in [0, 0.05) is 30.3 Å². The number of hydrogen-bond acceptors (Lipinski definition) is 2. The Morgan fingerprint density at radius 1 is 1.18 bits per heavy atom. The molecule has 94 valence electrons. The van der Waals surface area contributed by atoms with Crippen LogP contribution in [-0.4, -0.2) is 19.4 Å². The predicted molar refractivity (Wildman–Crippen MR) is 73.8 cm³/mol. The first-order valence-electron chi connectivity index (χ1n) is 6.22. The number of rotatable bonds is 4. The predicted octanol–water partition coefficient (Wildman–Crippen LogP) is 3.76. The Labute approximate surface area is 105 Å². The summed E-state index contributed by atoms with van der Waals surface area (Å²) in [6.07, 6.45) is 1.12. The van der Waals surface area contributed by atoms with Crippen molar-refractivity contribution in [3.63, 3.8) is 0 Å². The van der Waals surface area contributed by atoms with E-state index in [9.17, 15) is 4.79 Å². The van der Waals surface area contributed by atoms with Crippen LogP contribution < -0.4 is 4.90 Å². The number of carbonyl (C=O) groups is 1. The van der Waals surface area contributed by atoms with Gasteiger partial charge in [-0.1, -0.05) is 27.7 Å². The molecular formula is C15H23NO. The second kappa shape index (κ2) is 5.35. The van der Waals surface area contributed by atoms with E-state index in [1.165, 1.54) is 0 Å². The Hall–Kier alpha value is -1.31. The van der Waals surface area contributed by atoms with Crippen LogP contribution in [0.5, 0.6) is 0 Å². The summed E-state index contributed by atoms with van der Waals surface area (Å²) >= 11 is 0. The molecular weight excluding hydrogens is 210 g/mol. The molecule has 0 saturated carbocycles. The van der Waals surface area contributed by atoms with Crippen LogP contribution in [0, 0.1) is 5.41 Å². The highest BCUT2D eigenvalue weighted by Gasteiger charge is 2.22. The van der Waals surface area contributed by atoms with Gasteiger partial charge in [-0.3, -0.25) is 4.79 Å². The molecule has 0 spiro atoms. The lowest BCUT2D eigenvalue weighted by Crippen LogP contribution is -2.21. The number of benzene rings is 1. The molecule has 0 N–H and O–H groups in total. The van der Waals surface area contributed by atoms with E-state index in [4.69, 9.17) is 0 Å². The van der Waals surface area contributed by atoms with Crippen LogP contribution in [-0.2, 0) is 0 Å². The third-order valence-electron chi connectivity index (χ3n) is 2.81. The molecule has 0 amide bonds. The molecule has 0 heterocycles. The molecule has 0 saturated heterocycles. The van der Waals surface area contributed by atoms with Crippen LogP contribution in [0.3, 0.4) is 0 Å². The number of carbonyl (C=O) groups excluding carboxylic acids is 1. The molecule has 0 unspecified atom stereocenters. The summed E-state index contributed by atoms with van der Waals surface area (Å²) in [5.41, 5.74) is 1.65. The Kier molecular flexibility index (Phi) is 4.33. The lowest BCUT2D eigenvalue weighted by Gasteiger charge is -2.20. The largest absolute Gasteiger partial charge is 0.375 e. The smallest absolute Gasteiger partial charge is 0.168 e. The van der Waals surface area contributed by atoms with E-state index in [1.807, 2.05) is 45.0 Å². The summed E-state index contributed by atoms with van der Waals surface area (Å²) < 4.78 is 0. The molecule has 0 aliphatic heterocycles. The summed E-state index contributed by atoms with van der Waals surface area (Å²) in [5.74, 6) is 0.196. The molecule has 0 fully saturated rings. The van der Waals surface area contributed by atoms with E-state index in [1.54, 1.807) is 0 Å². The van der Waals surface area contributed by atoms with Gasteiger partial charge in [0.2, 0.25) is 0 Å². The van der Waals surface area contributed by atoms with Crippen molar-refractivity contribution in [1.29, 1.82) is 0 Å². The van der Waals surface area contributed by atoms with Crippen molar-refractivity contribution in [1.82, 2.24) is 0 Å². The van der Waals surface area contributed by atoms with Crippen molar-refractivity contribution < 1.29 is 4.79 Å². The zero-order valence-electron chi connectivity index (χ0n) is 11.6. The maximum absolute atomic E-state index is 12.1. The fourth-order valence-corrected chi connectivity index (χ4v) is 1.76. The second-order valence-corrected chi connectivity index (χ2v) is 5.55. The van der Waals surface area contributed by atoms with Crippen molar-refractivity contribution in [3.8, 4) is 0 Å². The highest BCUT2D eigenvalue weighted by Crippen LogP contribution is 2.22. The van der Waals surface area contributed by atoms with Gasteiger partial charge in [0.25, 0.3) is 0 Å². The lowest BCUT2D eigenvalue weighted by atomic mass is 9.86. The van der Waals surface area contributed by atoms with Gasteiger partial charge in [-0.15, -0.1) is 0 Å². The standard InChI is InChI=1S/C15H23NO/c1-6-11-16(5)13-9-7-12(8-10-13)14(17)15(2,3)4/h7-10H,6,11H2,1-5H3. The van der Waals surface area contributed by atoms with Crippen molar-refractivity contribution in [2.45, 2.75) is 34.1 Å². The quantitative estimate of drug-likeness (QED) is 0.738. The van der Waals surface area contributed by atoms with Crippen LogP contribution in [0.4, 0.5) is 5.69 Å². The fourth-order valence-electron chi connectivity index (χ4n) is 1.76. The third-order valence-corrected chi connectivity index (χ3v) is 2.81. The van der Waals surface area contributed by atoms with E-state index in [0.717, 1.165) is 24.2 Å². The molecule has 1 aromatic carbocycles. The van der Waals surface area contributed by atoms with E-state index in [-0.39, 0.29) is 11.2 Å². The Balaban J connectivity index is 2.85. The normalized spacial score (nSPS) is 11.4. The summed E-state index contributed by atoms with van der Waals surface area (Å²) in [6, 6.07) is 7.90. The van der Waals surface area contributed by atoms with Crippen molar-refractivity contribution >= 4 is 11.5 Å². The molecule has 0 aliphatic rings. The minimum atomic E-state index is -0.309. The number of Topliss-reactive ketones (excluding diaryl/α,β-unsaturated/α-hetero) is 1. The molecule has 0 aromatic heterocycles. The monoisotopic (exact) mass is 233 g/mol. The summed E-state index contributed by atoms with van der Waals surface area (Å²) in [4.78, 5) is 14.3. The Bertz CT molecular complexity index is 373. The number of ketones is 1. The number of hydrogen-bond donors (Lipinski definition) is 0. The maximum Gasteiger partial charge on any atom is 0.168 e. The summed E-state index contributed by atoms with van der Waals surface area (Å²) in [5, 5.41) is 0. The highest BCUT2D eigenvalue weighted by molar-refractivity contribution is 6.00. The Morgan fingerprint density at radius 3 is 2.12 bits per heavy atom. The first kappa shape index (κ1) is 13.8. The van der Waals surface area contributed by atoms with Crippen LogP contribution in [0.1, 0.15) is 44.5 Å². The van der Waals surface area contributed by atoms with Gasteiger partial charge in [-0.25, -0.2) is 0 Å². The van der Waals surface area contributed by atoms with Crippen LogP contribution in [0.2, 0.25) is 0 Å². The highest BCUT2D eigenvalue weighted by atomic mass is 16.1. The zero-order valence-corrected chi connectivity index (χ0v) is 11.6. The van der Waals surface area contributed by atoms with Crippen molar-refractivity contribution in [2.75, 3.05) is 18.5 Å². The molecule has 17 heavy (non-hydrogen) atoms. The minimum absolute atomic E-state index is 0.196. The van der Waals surface area contributed by atoms with E-state index in [0.29, 0.717) is 0 Å². The number of anilines is 1. The molecule has 1 aromatic rings. The average Bonchev–Trinajstić information content (AvgIpc) is 2.27. The van der Waals surface area contributed by atoms with Gasteiger partial charge < -0.3 is 4.90 Å². The first-order chi connectivity index (χ1) is 7.86. The third kappa shape index (κ3) is 3.58. The van der Waals surface area contributed by atoms with Gasteiger partial charge in [0.15, 0.2) is 5.78 Å². The van der Waals surface area contributed by atoms with E-state index in [2.05, 4.69) is 18.9 Å². The maximum atomic E-state index is 12.1. The van der Waals surface area contributed by atoms with Gasteiger partial charge in [0.1, 0.15) is 0 Å². The van der Waals surface area contributed by atoms with Crippen LogP contribution in [0.15, 0.2) is 24.3 Å². The Morgan fingerprint density at radius 2 is 1.71 bits per heavy atom. The van der Waals surface area contributed by atoms with E-state index >= 15 is 0 Å². The molecule has 0 radical (unpaired) electrons. The molecule has 2 heteroatoms. The number of nitrogens with zero attached hydrogens (tertiary/aromatic N) is 1. The molecule has 0 aliphatic carbocycles. The van der Waals surface area contributed by atoms with Crippen molar-refractivity contribution in [2.24, 2.45) is 5.41 Å². The first-order valence-corrected chi connectivity index (χ1v) is 6.22.